The van der Waals surface area contributed by atoms with Crippen LogP contribution in [0.1, 0.15) is 25.7 Å². The minimum atomic E-state index is -1.14. The van der Waals surface area contributed by atoms with Crippen molar-refractivity contribution in [2.45, 2.75) is 31.8 Å². The number of amides is 2. The molecule has 0 heterocycles. The first-order chi connectivity index (χ1) is 10.5. The maximum Gasteiger partial charge on any atom is 0.313 e. The van der Waals surface area contributed by atoms with Gasteiger partial charge in [-0.25, -0.2) is 8.78 Å². The Morgan fingerprint density at radius 1 is 1.14 bits per heavy atom. The van der Waals surface area contributed by atoms with Crippen molar-refractivity contribution in [3.05, 3.63) is 29.8 Å². The second-order valence-corrected chi connectivity index (χ2v) is 5.37. The van der Waals surface area contributed by atoms with Gasteiger partial charge >= 0.3 is 11.8 Å². The molecule has 0 radical (unpaired) electrons. The van der Waals surface area contributed by atoms with Crippen molar-refractivity contribution in [1.82, 2.24) is 5.32 Å². The van der Waals surface area contributed by atoms with E-state index in [9.17, 15) is 23.5 Å². The number of carbonyl (C=O) groups is 2. The maximum absolute atomic E-state index is 13.4. The van der Waals surface area contributed by atoms with E-state index in [2.05, 4.69) is 5.32 Å². The first-order valence-corrected chi connectivity index (χ1v) is 7.20. The molecule has 2 atom stereocenters. The standard InChI is InChI=1S/C15H18F2N2O3/c16-10-5-3-6-11(17)13(10)19-15(22)14(21)18-8-9-4-1-2-7-12(9)20/h3,5-6,9,12,20H,1-2,4,7-8H2,(H,18,21)(H,19,22)/t9-,12-/m0/s1. The predicted molar refractivity (Wildman–Crippen MR) is 76.0 cm³/mol. The van der Waals surface area contributed by atoms with Crippen LogP contribution in [0, 0.1) is 17.6 Å². The molecule has 0 spiro atoms. The molecule has 0 aromatic heterocycles. The van der Waals surface area contributed by atoms with Crippen molar-refractivity contribution < 1.29 is 23.5 Å². The predicted octanol–water partition coefficient (Wildman–Crippen LogP) is 1.57. The van der Waals surface area contributed by atoms with Gasteiger partial charge < -0.3 is 15.7 Å². The Kier molecular flexibility index (Phi) is 5.43. The molecule has 120 valence electrons. The third kappa shape index (κ3) is 4.00. The number of rotatable bonds is 3. The highest BCUT2D eigenvalue weighted by atomic mass is 19.1. The van der Waals surface area contributed by atoms with Crippen molar-refractivity contribution in [2.24, 2.45) is 5.92 Å². The highest BCUT2D eigenvalue weighted by molar-refractivity contribution is 6.39. The van der Waals surface area contributed by atoms with Crippen LogP contribution in [-0.4, -0.2) is 29.6 Å². The molecular weight excluding hydrogens is 294 g/mol. The molecule has 3 N–H and O–H groups in total. The van der Waals surface area contributed by atoms with Crippen LogP contribution >= 0.6 is 0 Å². The number of benzene rings is 1. The molecular formula is C15H18F2N2O3. The summed E-state index contributed by atoms with van der Waals surface area (Å²) in [5.74, 6) is -4.14. The second-order valence-electron chi connectivity index (χ2n) is 5.37. The van der Waals surface area contributed by atoms with Crippen molar-refractivity contribution in [2.75, 3.05) is 11.9 Å². The van der Waals surface area contributed by atoms with Crippen molar-refractivity contribution in [3.8, 4) is 0 Å². The van der Waals surface area contributed by atoms with E-state index in [0.29, 0.717) is 6.42 Å². The molecule has 5 nitrogen and oxygen atoms in total. The molecule has 1 aliphatic carbocycles. The summed E-state index contributed by atoms with van der Waals surface area (Å²) in [6.45, 7) is 0.160. The van der Waals surface area contributed by atoms with Gasteiger partial charge in [0.1, 0.15) is 17.3 Å². The lowest BCUT2D eigenvalue weighted by atomic mass is 9.86. The highest BCUT2D eigenvalue weighted by Gasteiger charge is 2.25. The summed E-state index contributed by atoms with van der Waals surface area (Å²) in [7, 11) is 0. The molecule has 0 unspecified atom stereocenters. The molecule has 2 amide bonds. The lowest BCUT2D eigenvalue weighted by Gasteiger charge is -2.27. The highest BCUT2D eigenvalue weighted by Crippen LogP contribution is 2.23. The number of carbonyl (C=O) groups excluding carboxylic acids is 2. The molecule has 1 fully saturated rings. The zero-order valence-corrected chi connectivity index (χ0v) is 11.9. The normalized spacial score (nSPS) is 21.2. The quantitative estimate of drug-likeness (QED) is 0.741. The van der Waals surface area contributed by atoms with Gasteiger partial charge in [0.05, 0.1) is 6.10 Å². The van der Waals surface area contributed by atoms with Gasteiger partial charge in [-0.15, -0.1) is 0 Å². The topological polar surface area (TPSA) is 78.4 Å². The Morgan fingerprint density at radius 3 is 2.41 bits per heavy atom. The van der Waals surface area contributed by atoms with Gasteiger partial charge in [-0.1, -0.05) is 18.9 Å². The lowest BCUT2D eigenvalue weighted by Crippen LogP contribution is -2.41. The summed E-state index contributed by atoms with van der Waals surface area (Å²) in [4.78, 5) is 23.3. The fraction of sp³-hybridized carbons (Fsp3) is 0.467. The fourth-order valence-electron chi connectivity index (χ4n) is 2.52. The van der Waals surface area contributed by atoms with E-state index in [4.69, 9.17) is 0 Å². The Morgan fingerprint density at radius 2 is 1.77 bits per heavy atom. The smallest absolute Gasteiger partial charge is 0.313 e. The summed E-state index contributed by atoms with van der Waals surface area (Å²) in [5, 5.41) is 14.1. The Bertz CT molecular complexity index is 545. The van der Waals surface area contributed by atoms with Gasteiger partial charge in [0.2, 0.25) is 0 Å². The van der Waals surface area contributed by atoms with Crippen LogP contribution in [0.2, 0.25) is 0 Å². The number of para-hydroxylation sites is 1. The monoisotopic (exact) mass is 312 g/mol. The van der Waals surface area contributed by atoms with Crippen LogP contribution in [0.25, 0.3) is 0 Å². The number of hydrogen-bond donors (Lipinski definition) is 3. The van der Waals surface area contributed by atoms with Crippen LogP contribution in [-0.2, 0) is 9.59 Å². The average Bonchev–Trinajstić information content (AvgIpc) is 2.49. The molecule has 0 aliphatic heterocycles. The molecule has 1 saturated carbocycles. The fourth-order valence-corrected chi connectivity index (χ4v) is 2.52. The zero-order chi connectivity index (χ0) is 16.1. The summed E-state index contributed by atoms with van der Waals surface area (Å²) in [6, 6.07) is 3.12. The SMILES string of the molecule is O=C(NC[C@@H]1CCCC[C@@H]1O)C(=O)Nc1c(F)cccc1F. The second kappa shape index (κ2) is 7.31. The maximum atomic E-state index is 13.4. The van der Waals surface area contributed by atoms with Crippen LogP contribution in [0.15, 0.2) is 18.2 Å². The molecule has 0 bridgehead atoms. The number of nitrogens with one attached hydrogen (secondary N) is 2. The summed E-state index contributed by atoms with van der Waals surface area (Å²) >= 11 is 0. The minimum absolute atomic E-state index is 0.101. The number of hydrogen-bond acceptors (Lipinski definition) is 3. The van der Waals surface area contributed by atoms with Gasteiger partial charge in [-0.2, -0.15) is 0 Å². The van der Waals surface area contributed by atoms with Gasteiger partial charge in [-0.05, 0) is 25.0 Å². The lowest BCUT2D eigenvalue weighted by molar-refractivity contribution is -0.136. The van der Waals surface area contributed by atoms with Gasteiger partial charge in [-0.3, -0.25) is 9.59 Å². The Hall–Kier alpha value is -2.02. The molecule has 0 saturated heterocycles. The van der Waals surface area contributed by atoms with E-state index in [1.807, 2.05) is 5.32 Å². The van der Waals surface area contributed by atoms with Gasteiger partial charge in [0, 0.05) is 12.5 Å². The summed E-state index contributed by atoms with van der Waals surface area (Å²) in [5.41, 5.74) is -0.652. The third-order valence-corrected chi connectivity index (χ3v) is 3.80. The van der Waals surface area contributed by atoms with Crippen LogP contribution in [0.3, 0.4) is 0 Å². The van der Waals surface area contributed by atoms with Crippen LogP contribution in [0.5, 0.6) is 0 Å². The number of anilines is 1. The Labute approximate surface area is 126 Å². The molecule has 1 aliphatic rings. The van der Waals surface area contributed by atoms with Crippen molar-refractivity contribution in [3.63, 3.8) is 0 Å². The number of aliphatic hydroxyl groups is 1. The first kappa shape index (κ1) is 16.4. The molecule has 22 heavy (non-hydrogen) atoms. The first-order valence-electron chi connectivity index (χ1n) is 7.20. The Balaban J connectivity index is 1.88. The summed E-state index contributed by atoms with van der Waals surface area (Å²) in [6.07, 6.45) is 2.85. The van der Waals surface area contributed by atoms with Crippen molar-refractivity contribution >= 4 is 17.5 Å². The number of aliphatic hydroxyl groups excluding tert-OH is 1. The molecule has 1 aromatic rings. The van der Waals surface area contributed by atoms with Crippen LogP contribution < -0.4 is 10.6 Å². The molecule has 1 aromatic carbocycles. The average molecular weight is 312 g/mol. The van der Waals surface area contributed by atoms with Crippen molar-refractivity contribution in [1.29, 1.82) is 0 Å². The van der Waals surface area contributed by atoms with E-state index >= 15 is 0 Å². The molecule has 7 heteroatoms. The van der Waals surface area contributed by atoms with Crippen LogP contribution in [0.4, 0.5) is 14.5 Å². The third-order valence-electron chi connectivity index (χ3n) is 3.80. The molecule has 2 rings (SSSR count). The summed E-state index contributed by atoms with van der Waals surface area (Å²) < 4.78 is 26.8. The van der Waals surface area contributed by atoms with E-state index in [1.165, 1.54) is 0 Å². The minimum Gasteiger partial charge on any atom is -0.393 e. The number of halogens is 2. The van der Waals surface area contributed by atoms with E-state index in [0.717, 1.165) is 37.5 Å². The van der Waals surface area contributed by atoms with E-state index in [1.54, 1.807) is 0 Å². The van der Waals surface area contributed by atoms with E-state index < -0.39 is 35.2 Å². The zero-order valence-electron chi connectivity index (χ0n) is 11.9. The van der Waals surface area contributed by atoms with Gasteiger partial charge in [0.15, 0.2) is 0 Å². The van der Waals surface area contributed by atoms with Gasteiger partial charge in [0.25, 0.3) is 0 Å². The largest absolute Gasteiger partial charge is 0.393 e. The van der Waals surface area contributed by atoms with E-state index in [-0.39, 0.29) is 12.5 Å².